The van der Waals surface area contributed by atoms with Gasteiger partial charge in [0.25, 0.3) is 5.91 Å². The topological polar surface area (TPSA) is 93.8 Å². The number of hydrogen-bond donors (Lipinski definition) is 3. The molecule has 0 aliphatic carbocycles. The van der Waals surface area contributed by atoms with Crippen molar-refractivity contribution in [1.29, 1.82) is 0 Å². The minimum absolute atomic E-state index is 0.154. The summed E-state index contributed by atoms with van der Waals surface area (Å²) in [5.41, 5.74) is 6.05. The Kier molecular flexibility index (Phi) is 7.20. The fourth-order valence-electron chi connectivity index (χ4n) is 2.37. The molecule has 0 saturated heterocycles. The number of methoxy groups -OCH3 is 1. The molecule has 0 heterocycles. The van der Waals surface area contributed by atoms with Crippen LogP contribution in [-0.4, -0.2) is 31.3 Å². The zero-order chi connectivity index (χ0) is 19.1. The number of amides is 1. The van der Waals surface area contributed by atoms with Gasteiger partial charge in [0.05, 0.1) is 18.2 Å². The smallest absolute Gasteiger partial charge is 0.255 e. The highest BCUT2D eigenvalue weighted by molar-refractivity contribution is 6.32. The number of rotatable bonds is 9. The van der Waals surface area contributed by atoms with Crippen molar-refractivity contribution in [3.63, 3.8) is 0 Å². The molecular weight excluding hydrogens is 363 g/mol. The van der Waals surface area contributed by atoms with Gasteiger partial charge in [0.15, 0.2) is 18.1 Å². The lowest BCUT2D eigenvalue weighted by molar-refractivity contribution is -0.119. The van der Waals surface area contributed by atoms with E-state index in [1.807, 2.05) is 0 Å². The van der Waals surface area contributed by atoms with Crippen LogP contribution in [0.4, 0.5) is 4.39 Å². The molecule has 140 valence electrons. The molecule has 0 aliphatic heterocycles. The molecule has 0 fully saturated rings. The van der Waals surface area contributed by atoms with Gasteiger partial charge in [0.2, 0.25) is 0 Å². The van der Waals surface area contributed by atoms with Crippen LogP contribution in [0.2, 0.25) is 5.02 Å². The molecule has 1 unspecified atom stereocenters. The Labute approximate surface area is 155 Å². The van der Waals surface area contributed by atoms with Crippen molar-refractivity contribution >= 4 is 17.5 Å². The Morgan fingerprint density at radius 3 is 2.77 bits per heavy atom. The van der Waals surface area contributed by atoms with Gasteiger partial charge in [0.1, 0.15) is 5.82 Å². The number of primary amides is 1. The number of hydrogen-bond acceptors (Lipinski definition) is 5. The Bertz CT molecular complexity index is 773. The summed E-state index contributed by atoms with van der Waals surface area (Å²) in [6.07, 6.45) is -0.980. The van der Waals surface area contributed by atoms with Crippen molar-refractivity contribution in [2.45, 2.75) is 12.6 Å². The molecule has 0 aliphatic rings. The van der Waals surface area contributed by atoms with Gasteiger partial charge in [-0.15, -0.1) is 0 Å². The first kappa shape index (κ1) is 20.0. The van der Waals surface area contributed by atoms with E-state index in [1.165, 1.54) is 19.2 Å². The van der Waals surface area contributed by atoms with Crippen molar-refractivity contribution in [3.8, 4) is 11.5 Å². The monoisotopic (exact) mass is 382 g/mol. The van der Waals surface area contributed by atoms with Crippen LogP contribution in [0, 0.1) is 5.82 Å². The number of nitrogens with one attached hydrogen (secondary N) is 1. The summed E-state index contributed by atoms with van der Waals surface area (Å²) in [5, 5.41) is 13.4. The standard InChI is InChI=1S/C18H20ClFN2O4/c1-25-16-7-11(6-13(19)18(16)26-10-17(21)24)8-22-9-15(23)12-4-2-3-5-14(12)20/h2-7,15,22-23H,8-10H2,1H3,(H2,21,24). The summed E-state index contributed by atoms with van der Waals surface area (Å²) in [7, 11) is 1.45. The fourth-order valence-corrected chi connectivity index (χ4v) is 2.66. The van der Waals surface area contributed by atoms with Crippen molar-refractivity contribution in [2.24, 2.45) is 5.73 Å². The van der Waals surface area contributed by atoms with E-state index in [9.17, 15) is 14.3 Å². The highest BCUT2D eigenvalue weighted by atomic mass is 35.5. The normalized spacial score (nSPS) is 11.8. The summed E-state index contributed by atoms with van der Waals surface area (Å²) >= 11 is 6.17. The van der Waals surface area contributed by atoms with E-state index in [0.717, 1.165) is 5.56 Å². The SMILES string of the molecule is COc1cc(CNCC(O)c2ccccc2F)cc(Cl)c1OCC(N)=O. The molecule has 2 rings (SSSR count). The highest BCUT2D eigenvalue weighted by Crippen LogP contribution is 2.36. The number of carbonyl (C=O) groups excluding carboxylic acids is 1. The van der Waals surface area contributed by atoms with E-state index >= 15 is 0 Å². The summed E-state index contributed by atoms with van der Waals surface area (Å²) in [6, 6.07) is 9.39. The van der Waals surface area contributed by atoms with E-state index in [4.69, 9.17) is 26.8 Å². The quantitative estimate of drug-likeness (QED) is 0.618. The number of nitrogens with two attached hydrogens (primary N) is 1. The number of ether oxygens (including phenoxy) is 2. The zero-order valence-electron chi connectivity index (χ0n) is 14.2. The van der Waals surface area contributed by atoms with Crippen molar-refractivity contribution in [3.05, 3.63) is 58.4 Å². The van der Waals surface area contributed by atoms with Crippen molar-refractivity contribution in [2.75, 3.05) is 20.3 Å². The van der Waals surface area contributed by atoms with Gasteiger partial charge >= 0.3 is 0 Å². The molecule has 0 spiro atoms. The maximum Gasteiger partial charge on any atom is 0.255 e. The molecule has 4 N–H and O–H groups in total. The Morgan fingerprint density at radius 2 is 2.12 bits per heavy atom. The van der Waals surface area contributed by atoms with Crippen LogP contribution in [0.1, 0.15) is 17.2 Å². The third-order valence-electron chi connectivity index (χ3n) is 3.58. The molecule has 0 radical (unpaired) electrons. The van der Waals surface area contributed by atoms with Gasteiger partial charge in [-0.1, -0.05) is 29.8 Å². The molecule has 0 bridgehead atoms. The van der Waals surface area contributed by atoms with E-state index < -0.39 is 17.8 Å². The summed E-state index contributed by atoms with van der Waals surface area (Å²) in [4.78, 5) is 10.8. The predicted molar refractivity (Wildman–Crippen MR) is 95.8 cm³/mol. The largest absolute Gasteiger partial charge is 0.493 e. The van der Waals surface area contributed by atoms with E-state index in [-0.39, 0.29) is 29.5 Å². The number of aliphatic hydroxyl groups is 1. The molecule has 8 heteroatoms. The van der Waals surface area contributed by atoms with Crippen LogP contribution in [0.3, 0.4) is 0 Å². The van der Waals surface area contributed by atoms with Crippen LogP contribution < -0.4 is 20.5 Å². The van der Waals surface area contributed by atoms with Crippen LogP contribution in [-0.2, 0) is 11.3 Å². The first-order valence-electron chi connectivity index (χ1n) is 7.83. The zero-order valence-corrected chi connectivity index (χ0v) is 14.9. The number of aliphatic hydroxyl groups excluding tert-OH is 1. The lowest BCUT2D eigenvalue weighted by Gasteiger charge is -2.15. The molecule has 2 aromatic carbocycles. The predicted octanol–water partition coefficient (Wildman–Crippen LogP) is 2.17. The summed E-state index contributed by atoms with van der Waals surface area (Å²) in [6.45, 7) is 0.195. The summed E-state index contributed by atoms with van der Waals surface area (Å²) in [5.74, 6) is -0.508. The minimum atomic E-state index is -0.980. The fraction of sp³-hybridized carbons (Fsp3) is 0.278. The second-order valence-corrected chi connectivity index (χ2v) is 5.94. The van der Waals surface area contributed by atoms with Gasteiger partial charge in [-0.25, -0.2) is 4.39 Å². The van der Waals surface area contributed by atoms with Crippen LogP contribution >= 0.6 is 11.6 Å². The maximum absolute atomic E-state index is 13.6. The second-order valence-electron chi connectivity index (χ2n) is 5.53. The number of carbonyl (C=O) groups is 1. The lowest BCUT2D eigenvalue weighted by atomic mass is 10.1. The molecule has 1 amide bonds. The van der Waals surface area contributed by atoms with Crippen molar-refractivity contribution in [1.82, 2.24) is 5.32 Å². The molecule has 1 atom stereocenters. The molecule has 0 aromatic heterocycles. The van der Waals surface area contributed by atoms with Crippen molar-refractivity contribution < 1.29 is 23.8 Å². The maximum atomic E-state index is 13.6. The minimum Gasteiger partial charge on any atom is -0.493 e. The van der Waals surface area contributed by atoms with Crippen LogP contribution in [0.5, 0.6) is 11.5 Å². The molecule has 26 heavy (non-hydrogen) atoms. The van der Waals surface area contributed by atoms with E-state index in [1.54, 1.807) is 24.3 Å². The van der Waals surface area contributed by atoms with Gasteiger partial charge in [0, 0.05) is 18.7 Å². The summed E-state index contributed by atoms with van der Waals surface area (Å²) < 4.78 is 24.1. The van der Waals surface area contributed by atoms with Crippen LogP contribution in [0.25, 0.3) is 0 Å². The number of benzene rings is 2. The molecule has 2 aromatic rings. The van der Waals surface area contributed by atoms with Gasteiger partial charge in [-0.2, -0.15) is 0 Å². The molecular formula is C18H20ClFN2O4. The molecule has 6 nitrogen and oxygen atoms in total. The first-order valence-corrected chi connectivity index (χ1v) is 8.21. The second kappa shape index (κ2) is 9.38. The van der Waals surface area contributed by atoms with Gasteiger partial charge in [-0.05, 0) is 23.8 Å². The first-order chi connectivity index (χ1) is 12.4. The number of halogens is 2. The Morgan fingerprint density at radius 1 is 1.38 bits per heavy atom. The van der Waals surface area contributed by atoms with E-state index in [2.05, 4.69) is 5.32 Å². The average molecular weight is 383 g/mol. The average Bonchev–Trinajstić information content (AvgIpc) is 2.60. The molecule has 0 saturated carbocycles. The highest BCUT2D eigenvalue weighted by Gasteiger charge is 2.14. The Balaban J connectivity index is 2.00. The Hall–Kier alpha value is -2.35. The third-order valence-corrected chi connectivity index (χ3v) is 3.86. The third kappa shape index (κ3) is 5.32. The lowest BCUT2D eigenvalue weighted by Crippen LogP contribution is -2.22. The van der Waals surface area contributed by atoms with Gasteiger partial charge < -0.3 is 25.6 Å². The van der Waals surface area contributed by atoms with Crippen LogP contribution in [0.15, 0.2) is 36.4 Å². The van der Waals surface area contributed by atoms with Gasteiger partial charge in [-0.3, -0.25) is 4.79 Å². The van der Waals surface area contributed by atoms with E-state index in [0.29, 0.717) is 12.3 Å².